The summed E-state index contributed by atoms with van der Waals surface area (Å²) in [6, 6.07) is 5.03. The number of aromatic amines is 1. The fourth-order valence-electron chi connectivity index (χ4n) is 1.68. The number of fused-ring (bicyclic) bond motifs is 1. The summed E-state index contributed by atoms with van der Waals surface area (Å²) in [5.74, 6) is -0.344. The third-order valence-corrected chi connectivity index (χ3v) is 2.99. The summed E-state index contributed by atoms with van der Waals surface area (Å²) in [6.45, 7) is 0. The van der Waals surface area contributed by atoms with Gasteiger partial charge in [0.2, 0.25) is 0 Å². The summed E-state index contributed by atoms with van der Waals surface area (Å²) in [5.41, 5.74) is 4.05. The number of H-pyrrole nitrogens is 1. The predicted octanol–water partition coefficient (Wildman–Crippen LogP) is 1.77. The number of nitrogens with one attached hydrogen (secondary N) is 2. The molecule has 0 spiro atoms. The summed E-state index contributed by atoms with van der Waals surface area (Å²) in [6.07, 6.45) is 6.07. The number of hydrogen-bond acceptors (Lipinski definition) is 5. The number of amides is 1. The van der Waals surface area contributed by atoms with Crippen molar-refractivity contribution in [1.82, 2.24) is 25.6 Å². The maximum Gasteiger partial charge on any atom is 0.272 e. The summed E-state index contributed by atoms with van der Waals surface area (Å²) >= 11 is 5.88. The van der Waals surface area contributed by atoms with Crippen LogP contribution in [0.5, 0.6) is 0 Å². The molecule has 1 amide bonds. The fraction of sp³-hybridized carbons (Fsp3) is 0. The van der Waals surface area contributed by atoms with Crippen molar-refractivity contribution in [3.8, 4) is 0 Å². The van der Waals surface area contributed by atoms with Gasteiger partial charge >= 0.3 is 0 Å². The number of carbonyl (C=O) groups excluding carboxylic acids is 1. The van der Waals surface area contributed by atoms with Gasteiger partial charge in [-0.05, 0) is 18.2 Å². The van der Waals surface area contributed by atoms with Crippen LogP contribution >= 0.6 is 11.6 Å². The largest absolute Gasteiger partial charge is 0.272 e. The minimum absolute atomic E-state index is 0.344. The van der Waals surface area contributed by atoms with Gasteiger partial charge in [0.05, 0.1) is 28.4 Å². The van der Waals surface area contributed by atoms with Crippen LogP contribution in [0, 0.1) is 0 Å². The SMILES string of the molecule is O=C(N/N=C\c1cc2n[nH]c(Cl)c2cn1)c1cccnc1. The van der Waals surface area contributed by atoms with E-state index >= 15 is 0 Å². The maximum absolute atomic E-state index is 11.7. The van der Waals surface area contributed by atoms with Gasteiger partial charge in [0.15, 0.2) is 0 Å². The summed E-state index contributed by atoms with van der Waals surface area (Å²) < 4.78 is 0. The highest BCUT2D eigenvalue weighted by Gasteiger charge is 2.05. The van der Waals surface area contributed by atoms with Crippen LogP contribution in [-0.4, -0.2) is 32.3 Å². The van der Waals surface area contributed by atoms with Crippen molar-refractivity contribution < 1.29 is 4.79 Å². The van der Waals surface area contributed by atoms with Gasteiger partial charge in [0, 0.05) is 18.6 Å². The van der Waals surface area contributed by atoms with Crippen LogP contribution in [0.3, 0.4) is 0 Å². The molecule has 104 valence electrons. The Kier molecular flexibility index (Phi) is 3.57. The zero-order valence-corrected chi connectivity index (χ0v) is 11.4. The molecule has 0 aliphatic rings. The van der Waals surface area contributed by atoms with Crippen LogP contribution in [0.4, 0.5) is 0 Å². The first-order chi connectivity index (χ1) is 10.2. The van der Waals surface area contributed by atoms with Gasteiger partial charge in [-0.25, -0.2) is 5.43 Å². The molecule has 0 saturated carbocycles. The molecule has 0 aliphatic carbocycles. The number of aromatic nitrogens is 4. The molecule has 0 saturated heterocycles. The lowest BCUT2D eigenvalue weighted by Gasteiger charge is -1.98. The Hall–Kier alpha value is -2.80. The minimum atomic E-state index is -0.344. The second-order valence-electron chi connectivity index (χ2n) is 4.10. The van der Waals surface area contributed by atoms with E-state index < -0.39 is 0 Å². The van der Waals surface area contributed by atoms with Crippen LogP contribution in [0.2, 0.25) is 5.15 Å². The molecule has 2 N–H and O–H groups in total. The highest BCUT2D eigenvalue weighted by molar-refractivity contribution is 6.34. The van der Waals surface area contributed by atoms with Crippen molar-refractivity contribution in [2.45, 2.75) is 0 Å². The fourth-order valence-corrected chi connectivity index (χ4v) is 1.87. The van der Waals surface area contributed by atoms with Crippen molar-refractivity contribution in [1.29, 1.82) is 0 Å². The Bertz CT molecular complexity index is 814. The van der Waals surface area contributed by atoms with E-state index in [4.69, 9.17) is 11.6 Å². The summed E-state index contributed by atoms with van der Waals surface area (Å²) in [7, 11) is 0. The second kappa shape index (κ2) is 5.68. The molecule has 21 heavy (non-hydrogen) atoms. The molecule has 3 heterocycles. The number of rotatable bonds is 3. The van der Waals surface area contributed by atoms with Gasteiger partial charge in [-0.15, -0.1) is 0 Å². The van der Waals surface area contributed by atoms with Crippen molar-refractivity contribution in [3.05, 3.63) is 53.2 Å². The molecule has 3 rings (SSSR count). The standard InChI is InChI=1S/C13H9ClN6O/c14-12-10-7-16-9(4-11(10)18-19-12)6-17-20-13(21)8-2-1-3-15-5-8/h1-7H,(H,18,19)(H,20,21)/b17-6-. The molecule has 0 fully saturated rings. The van der Waals surface area contributed by atoms with Gasteiger partial charge in [-0.2, -0.15) is 10.2 Å². The lowest BCUT2D eigenvalue weighted by molar-refractivity contribution is 0.0955. The zero-order valence-electron chi connectivity index (χ0n) is 10.6. The smallest absolute Gasteiger partial charge is 0.267 e. The Morgan fingerprint density at radius 1 is 1.43 bits per heavy atom. The second-order valence-corrected chi connectivity index (χ2v) is 4.48. The highest BCUT2D eigenvalue weighted by Crippen LogP contribution is 2.18. The number of hydrogen-bond donors (Lipinski definition) is 2. The average molecular weight is 301 g/mol. The number of halogens is 1. The first-order valence-corrected chi connectivity index (χ1v) is 6.35. The van der Waals surface area contributed by atoms with E-state index in [1.54, 1.807) is 30.6 Å². The van der Waals surface area contributed by atoms with Crippen LogP contribution in [0.15, 0.2) is 41.9 Å². The lowest BCUT2D eigenvalue weighted by Crippen LogP contribution is -2.17. The van der Waals surface area contributed by atoms with Crippen LogP contribution in [-0.2, 0) is 0 Å². The molecule has 3 aromatic heterocycles. The predicted molar refractivity (Wildman–Crippen MR) is 78.2 cm³/mol. The van der Waals surface area contributed by atoms with Crippen molar-refractivity contribution >= 4 is 34.6 Å². The monoisotopic (exact) mass is 300 g/mol. The molecule has 8 heteroatoms. The number of pyridine rings is 2. The summed E-state index contributed by atoms with van der Waals surface area (Å²) in [5, 5.41) is 11.7. The van der Waals surface area contributed by atoms with Crippen molar-refractivity contribution in [2.75, 3.05) is 0 Å². The molecule has 0 radical (unpaired) electrons. The van der Waals surface area contributed by atoms with Gasteiger partial charge in [-0.3, -0.25) is 19.9 Å². The first-order valence-electron chi connectivity index (χ1n) is 5.97. The van der Waals surface area contributed by atoms with E-state index in [1.165, 1.54) is 12.4 Å². The molecular formula is C13H9ClN6O. The Morgan fingerprint density at radius 3 is 3.14 bits per heavy atom. The van der Waals surface area contributed by atoms with Crippen molar-refractivity contribution in [3.63, 3.8) is 0 Å². The Labute approximate surface area is 124 Å². The number of nitrogens with zero attached hydrogens (tertiary/aromatic N) is 4. The first kappa shape index (κ1) is 13.2. The topological polar surface area (TPSA) is 95.9 Å². The number of carbonyl (C=O) groups is 1. The van der Waals surface area contributed by atoms with Crippen LogP contribution < -0.4 is 5.43 Å². The third kappa shape index (κ3) is 2.87. The number of hydrazone groups is 1. The van der Waals surface area contributed by atoms with Crippen LogP contribution in [0.25, 0.3) is 10.9 Å². The van der Waals surface area contributed by atoms with Gasteiger partial charge in [-0.1, -0.05) is 11.6 Å². The molecule has 0 atom stereocenters. The van der Waals surface area contributed by atoms with E-state index in [1.807, 2.05) is 0 Å². The normalized spacial score (nSPS) is 11.1. The van der Waals surface area contributed by atoms with Gasteiger partial charge in [0.25, 0.3) is 5.91 Å². The average Bonchev–Trinajstić information content (AvgIpc) is 2.89. The van der Waals surface area contributed by atoms with E-state index in [9.17, 15) is 4.79 Å². The summed E-state index contributed by atoms with van der Waals surface area (Å²) in [4.78, 5) is 19.7. The molecule has 0 unspecified atom stereocenters. The van der Waals surface area contributed by atoms with Crippen LogP contribution in [0.1, 0.15) is 16.1 Å². The Balaban J connectivity index is 1.71. The lowest BCUT2D eigenvalue weighted by atomic mass is 10.3. The maximum atomic E-state index is 11.7. The van der Waals surface area contributed by atoms with Crippen molar-refractivity contribution in [2.24, 2.45) is 5.10 Å². The van der Waals surface area contributed by atoms with E-state index in [0.717, 1.165) is 5.39 Å². The van der Waals surface area contributed by atoms with E-state index in [2.05, 4.69) is 30.7 Å². The third-order valence-electron chi connectivity index (χ3n) is 2.70. The molecule has 7 nitrogen and oxygen atoms in total. The van der Waals surface area contributed by atoms with Gasteiger partial charge < -0.3 is 0 Å². The highest BCUT2D eigenvalue weighted by atomic mass is 35.5. The van der Waals surface area contributed by atoms with E-state index in [0.29, 0.717) is 21.9 Å². The molecule has 0 bridgehead atoms. The van der Waals surface area contributed by atoms with Gasteiger partial charge in [0.1, 0.15) is 5.15 Å². The molecule has 0 aromatic carbocycles. The minimum Gasteiger partial charge on any atom is -0.267 e. The quantitative estimate of drug-likeness (QED) is 0.569. The molecular weight excluding hydrogens is 292 g/mol. The Morgan fingerprint density at radius 2 is 2.33 bits per heavy atom. The molecule has 0 aliphatic heterocycles. The molecule has 3 aromatic rings. The van der Waals surface area contributed by atoms with E-state index in [-0.39, 0.29) is 5.91 Å². The zero-order chi connectivity index (χ0) is 14.7.